The van der Waals surface area contributed by atoms with Crippen molar-refractivity contribution in [3.8, 4) is 0 Å². The van der Waals surface area contributed by atoms with E-state index in [1.54, 1.807) is 0 Å². The molecule has 0 saturated carbocycles. The summed E-state index contributed by atoms with van der Waals surface area (Å²) >= 11 is 0. The normalized spacial score (nSPS) is 17.7. The minimum atomic E-state index is 0.898. The lowest BCUT2D eigenvalue weighted by molar-refractivity contribution is -0.897. The average molecular weight is 297 g/mol. The molecular formula is C20H42N+. The molecule has 1 heteroatoms. The molecule has 1 aliphatic heterocycles. The maximum atomic E-state index is 2.46. The third kappa shape index (κ3) is 10.3. The number of hydrogen-bond acceptors (Lipinski definition) is 0. The van der Waals surface area contributed by atoms with Crippen molar-refractivity contribution in [2.24, 2.45) is 5.92 Å². The zero-order chi connectivity index (χ0) is 15.4. The lowest BCUT2D eigenvalue weighted by atomic mass is 10.0. The summed E-state index contributed by atoms with van der Waals surface area (Å²) in [5.41, 5.74) is 0. The Hall–Kier alpha value is -0.0400. The number of hydrogen-bond donors (Lipinski definition) is 0. The fourth-order valence-electron chi connectivity index (χ4n) is 3.78. The molecular weight excluding hydrogens is 254 g/mol. The Kier molecular flexibility index (Phi) is 10.4. The topological polar surface area (TPSA) is 0 Å². The van der Waals surface area contributed by atoms with E-state index in [1.807, 2.05) is 0 Å². The van der Waals surface area contributed by atoms with Gasteiger partial charge in [-0.05, 0) is 18.8 Å². The highest BCUT2D eigenvalue weighted by Gasteiger charge is 2.25. The van der Waals surface area contributed by atoms with Crippen molar-refractivity contribution in [2.45, 2.75) is 97.3 Å². The third-order valence-electron chi connectivity index (χ3n) is 5.38. The molecule has 0 bridgehead atoms. The molecule has 0 amide bonds. The number of quaternary nitrogens is 1. The predicted octanol–water partition coefficient (Wildman–Crippen LogP) is 6.17. The average Bonchev–Trinajstić information content (AvgIpc) is 2.87. The van der Waals surface area contributed by atoms with E-state index in [9.17, 15) is 0 Å². The third-order valence-corrected chi connectivity index (χ3v) is 5.38. The number of unbranched alkanes of at least 4 members (excludes halogenated alkanes) is 9. The molecule has 1 fully saturated rings. The second-order valence-electron chi connectivity index (χ2n) is 8.22. The van der Waals surface area contributed by atoms with Gasteiger partial charge in [0.2, 0.25) is 0 Å². The maximum Gasteiger partial charge on any atom is 0.0786 e. The highest BCUT2D eigenvalue weighted by molar-refractivity contribution is 4.53. The summed E-state index contributed by atoms with van der Waals surface area (Å²) in [7, 11) is 2.46. The van der Waals surface area contributed by atoms with E-state index >= 15 is 0 Å². The lowest BCUT2D eigenvalue weighted by Gasteiger charge is -2.29. The molecule has 21 heavy (non-hydrogen) atoms. The summed E-state index contributed by atoms with van der Waals surface area (Å²) in [5, 5.41) is 0. The summed E-state index contributed by atoms with van der Waals surface area (Å²) in [5.74, 6) is 0.898. The van der Waals surface area contributed by atoms with Crippen molar-refractivity contribution in [1.82, 2.24) is 0 Å². The number of likely N-dealkylation sites (tertiary alicyclic amines) is 1. The molecule has 0 N–H and O–H groups in total. The zero-order valence-electron chi connectivity index (χ0n) is 15.3. The van der Waals surface area contributed by atoms with Gasteiger partial charge < -0.3 is 4.48 Å². The molecule has 1 heterocycles. The van der Waals surface area contributed by atoms with Gasteiger partial charge in [0.05, 0.1) is 26.7 Å². The van der Waals surface area contributed by atoms with Crippen LogP contribution in [0.4, 0.5) is 0 Å². The van der Waals surface area contributed by atoms with Crippen LogP contribution >= 0.6 is 0 Å². The molecule has 0 aliphatic carbocycles. The predicted molar refractivity (Wildman–Crippen MR) is 95.6 cm³/mol. The highest BCUT2D eigenvalue weighted by atomic mass is 15.3. The summed E-state index contributed by atoms with van der Waals surface area (Å²) in [6, 6.07) is 0. The minimum Gasteiger partial charge on any atom is -0.326 e. The van der Waals surface area contributed by atoms with Crippen LogP contribution in [0.2, 0.25) is 0 Å². The second-order valence-corrected chi connectivity index (χ2v) is 8.22. The Bertz CT molecular complexity index is 228. The van der Waals surface area contributed by atoms with Gasteiger partial charge in [0.1, 0.15) is 0 Å². The van der Waals surface area contributed by atoms with Crippen LogP contribution in [-0.2, 0) is 0 Å². The molecule has 0 aromatic carbocycles. The van der Waals surface area contributed by atoms with Crippen molar-refractivity contribution >= 4 is 0 Å². The summed E-state index contributed by atoms with van der Waals surface area (Å²) < 4.78 is 1.37. The van der Waals surface area contributed by atoms with Gasteiger partial charge in [0.15, 0.2) is 0 Å². The molecule has 1 aliphatic rings. The standard InChI is InChI=1S/C20H42N/c1-20(2)16-12-10-8-6-4-5-7-9-11-13-17-21(3)18-14-15-19-21/h20H,4-19H2,1-3H3/q+1. The second kappa shape index (κ2) is 11.5. The van der Waals surface area contributed by atoms with Gasteiger partial charge in [-0.1, -0.05) is 71.6 Å². The molecule has 0 atom stereocenters. The number of rotatable bonds is 13. The molecule has 1 nitrogen and oxygen atoms in total. The Morgan fingerprint density at radius 1 is 0.667 bits per heavy atom. The molecule has 0 radical (unpaired) electrons. The fraction of sp³-hybridized carbons (Fsp3) is 1.00. The van der Waals surface area contributed by atoms with Crippen LogP contribution in [0, 0.1) is 5.92 Å². The first-order chi connectivity index (χ1) is 10.1. The molecule has 0 unspecified atom stereocenters. The monoisotopic (exact) mass is 296 g/mol. The highest BCUT2D eigenvalue weighted by Crippen LogP contribution is 2.18. The van der Waals surface area contributed by atoms with E-state index in [0.29, 0.717) is 0 Å². The van der Waals surface area contributed by atoms with E-state index < -0.39 is 0 Å². The SMILES string of the molecule is CC(C)CCCCCCCCCCCC[N+]1(C)CCCC1. The van der Waals surface area contributed by atoms with Crippen molar-refractivity contribution < 1.29 is 4.48 Å². The van der Waals surface area contributed by atoms with Gasteiger partial charge in [-0.15, -0.1) is 0 Å². The van der Waals surface area contributed by atoms with Gasteiger partial charge in [0, 0.05) is 12.8 Å². The first kappa shape index (κ1) is 19.0. The van der Waals surface area contributed by atoms with Gasteiger partial charge in [-0.3, -0.25) is 0 Å². The van der Waals surface area contributed by atoms with Crippen molar-refractivity contribution in [1.29, 1.82) is 0 Å². The smallest absolute Gasteiger partial charge is 0.0786 e. The molecule has 0 aromatic rings. The first-order valence-electron chi connectivity index (χ1n) is 9.96. The first-order valence-corrected chi connectivity index (χ1v) is 9.96. The Morgan fingerprint density at radius 3 is 1.57 bits per heavy atom. The van der Waals surface area contributed by atoms with Gasteiger partial charge in [-0.25, -0.2) is 0 Å². The van der Waals surface area contributed by atoms with Crippen LogP contribution in [0.25, 0.3) is 0 Å². The van der Waals surface area contributed by atoms with Gasteiger partial charge >= 0.3 is 0 Å². The fourth-order valence-corrected chi connectivity index (χ4v) is 3.78. The van der Waals surface area contributed by atoms with Crippen molar-refractivity contribution in [2.75, 3.05) is 26.7 Å². The van der Waals surface area contributed by atoms with Crippen LogP contribution < -0.4 is 0 Å². The summed E-state index contributed by atoms with van der Waals surface area (Å²) in [6.07, 6.45) is 19.1. The van der Waals surface area contributed by atoms with E-state index in [2.05, 4.69) is 20.9 Å². The van der Waals surface area contributed by atoms with Crippen molar-refractivity contribution in [3.63, 3.8) is 0 Å². The quantitative estimate of drug-likeness (QED) is 0.281. The van der Waals surface area contributed by atoms with Crippen LogP contribution in [0.15, 0.2) is 0 Å². The molecule has 0 aromatic heterocycles. The molecule has 0 spiro atoms. The van der Waals surface area contributed by atoms with E-state index in [1.165, 1.54) is 108 Å². The van der Waals surface area contributed by atoms with E-state index in [-0.39, 0.29) is 0 Å². The largest absolute Gasteiger partial charge is 0.326 e. The van der Waals surface area contributed by atoms with Crippen LogP contribution in [0.5, 0.6) is 0 Å². The summed E-state index contributed by atoms with van der Waals surface area (Å²) in [6.45, 7) is 9.00. The Labute approximate surface area is 135 Å². The number of nitrogens with zero attached hydrogens (tertiary/aromatic N) is 1. The lowest BCUT2D eigenvalue weighted by Crippen LogP contribution is -2.41. The van der Waals surface area contributed by atoms with E-state index in [4.69, 9.17) is 0 Å². The Balaban J connectivity index is 1.75. The van der Waals surface area contributed by atoms with Gasteiger partial charge in [0.25, 0.3) is 0 Å². The molecule has 1 rings (SSSR count). The zero-order valence-corrected chi connectivity index (χ0v) is 15.3. The summed E-state index contributed by atoms with van der Waals surface area (Å²) in [4.78, 5) is 0. The Morgan fingerprint density at radius 2 is 1.10 bits per heavy atom. The van der Waals surface area contributed by atoms with Crippen LogP contribution in [0.1, 0.15) is 97.3 Å². The minimum absolute atomic E-state index is 0.898. The van der Waals surface area contributed by atoms with Crippen LogP contribution in [0.3, 0.4) is 0 Å². The molecule has 1 saturated heterocycles. The van der Waals surface area contributed by atoms with Crippen molar-refractivity contribution in [3.05, 3.63) is 0 Å². The van der Waals surface area contributed by atoms with Crippen LogP contribution in [-0.4, -0.2) is 31.2 Å². The maximum absolute atomic E-state index is 2.46. The van der Waals surface area contributed by atoms with Gasteiger partial charge in [-0.2, -0.15) is 0 Å². The molecule has 126 valence electrons. The van der Waals surface area contributed by atoms with E-state index in [0.717, 1.165) is 5.92 Å².